The fraction of sp³-hybridized carbons (Fsp3) is 0.0870. The zero-order chi connectivity index (χ0) is 20.4. The van der Waals surface area contributed by atoms with E-state index < -0.39 is 17.7 Å². The van der Waals surface area contributed by atoms with E-state index in [1.54, 1.807) is 48.8 Å². The molecule has 1 aromatic heterocycles. The zero-order valence-electron chi connectivity index (χ0n) is 15.3. The van der Waals surface area contributed by atoms with Crippen molar-refractivity contribution in [2.45, 2.75) is 12.6 Å². The van der Waals surface area contributed by atoms with Crippen molar-refractivity contribution >= 4 is 29.1 Å². The number of aromatic nitrogens is 1. The number of nitrogens with zero attached hydrogens (tertiary/aromatic N) is 2. The Morgan fingerprint density at radius 3 is 2.41 bits per heavy atom. The first-order valence-electron chi connectivity index (χ1n) is 9.04. The van der Waals surface area contributed by atoms with E-state index in [0.29, 0.717) is 10.6 Å². The number of ketones is 1. The molecule has 1 amide bonds. The van der Waals surface area contributed by atoms with E-state index >= 15 is 0 Å². The van der Waals surface area contributed by atoms with Crippen molar-refractivity contribution in [1.82, 2.24) is 9.88 Å². The number of rotatable bonds is 4. The van der Waals surface area contributed by atoms with Gasteiger partial charge in [0.25, 0.3) is 11.7 Å². The minimum Gasteiger partial charge on any atom is -0.507 e. The quantitative estimate of drug-likeness (QED) is 0.398. The molecule has 0 saturated carbocycles. The van der Waals surface area contributed by atoms with Crippen molar-refractivity contribution in [2.75, 3.05) is 0 Å². The number of pyridine rings is 1. The van der Waals surface area contributed by atoms with Crippen LogP contribution in [0, 0.1) is 0 Å². The van der Waals surface area contributed by atoms with Gasteiger partial charge in [-0.25, -0.2) is 0 Å². The lowest BCUT2D eigenvalue weighted by atomic mass is 9.95. The number of halogens is 1. The second-order valence-corrected chi connectivity index (χ2v) is 7.14. The van der Waals surface area contributed by atoms with Gasteiger partial charge in [-0.1, -0.05) is 54.1 Å². The van der Waals surface area contributed by atoms with Gasteiger partial charge < -0.3 is 10.0 Å². The minimum atomic E-state index is -0.717. The molecular weight excluding hydrogens is 388 g/mol. The highest BCUT2D eigenvalue weighted by Gasteiger charge is 2.45. The van der Waals surface area contributed by atoms with Crippen LogP contribution < -0.4 is 0 Å². The molecule has 1 atom stereocenters. The van der Waals surface area contributed by atoms with E-state index in [-0.39, 0.29) is 17.9 Å². The van der Waals surface area contributed by atoms with Crippen LogP contribution in [-0.4, -0.2) is 26.7 Å². The maximum atomic E-state index is 12.9. The first-order valence-corrected chi connectivity index (χ1v) is 9.42. The van der Waals surface area contributed by atoms with E-state index in [9.17, 15) is 14.7 Å². The average molecular weight is 405 g/mol. The Labute approximate surface area is 172 Å². The summed E-state index contributed by atoms with van der Waals surface area (Å²) in [5.74, 6) is -1.61. The van der Waals surface area contributed by atoms with Crippen LogP contribution in [0.3, 0.4) is 0 Å². The summed E-state index contributed by atoms with van der Waals surface area (Å²) in [6.07, 6.45) is 3.27. The van der Waals surface area contributed by atoms with Crippen LogP contribution in [0.5, 0.6) is 0 Å². The van der Waals surface area contributed by atoms with Gasteiger partial charge in [-0.15, -0.1) is 0 Å². The van der Waals surface area contributed by atoms with Crippen LogP contribution >= 0.6 is 11.6 Å². The molecule has 1 N–H and O–H groups in total. The number of hydrogen-bond acceptors (Lipinski definition) is 4. The second-order valence-electron chi connectivity index (χ2n) is 6.70. The molecule has 1 unspecified atom stereocenters. The van der Waals surface area contributed by atoms with Crippen LogP contribution in [0.1, 0.15) is 22.7 Å². The SMILES string of the molecule is O=C1C(=O)N(Cc2ccncc2)C(c2ccccc2)/C1=C(/O)c1cccc(Cl)c1. The Morgan fingerprint density at radius 2 is 1.72 bits per heavy atom. The molecule has 5 nitrogen and oxygen atoms in total. The standard InChI is InChI=1S/C23H17ClN2O3/c24-18-8-4-7-17(13-18)21(27)19-20(16-5-2-1-3-6-16)26(23(29)22(19)28)14-15-9-11-25-12-10-15/h1-13,20,27H,14H2/b21-19-. The fourth-order valence-corrected chi connectivity index (χ4v) is 3.69. The lowest BCUT2D eigenvalue weighted by Gasteiger charge is -2.25. The van der Waals surface area contributed by atoms with E-state index in [2.05, 4.69) is 4.98 Å². The summed E-state index contributed by atoms with van der Waals surface area (Å²) >= 11 is 6.05. The lowest BCUT2D eigenvalue weighted by molar-refractivity contribution is -0.140. The van der Waals surface area contributed by atoms with Gasteiger partial charge in [0.2, 0.25) is 0 Å². The third kappa shape index (κ3) is 3.65. The van der Waals surface area contributed by atoms with E-state index in [4.69, 9.17) is 11.6 Å². The average Bonchev–Trinajstić information content (AvgIpc) is 2.99. The molecule has 1 aliphatic heterocycles. The third-order valence-electron chi connectivity index (χ3n) is 4.86. The molecular formula is C23H17ClN2O3. The Hall–Kier alpha value is -3.44. The molecule has 1 saturated heterocycles. The first kappa shape index (κ1) is 18.9. The first-order chi connectivity index (χ1) is 14.1. The number of benzene rings is 2. The largest absolute Gasteiger partial charge is 0.507 e. The summed E-state index contributed by atoms with van der Waals surface area (Å²) in [7, 11) is 0. The lowest BCUT2D eigenvalue weighted by Crippen LogP contribution is -2.29. The predicted octanol–water partition coefficient (Wildman–Crippen LogP) is 4.36. The van der Waals surface area contributed by atoms with Crippen molar-refractivity contribution in [1.29, 1.82) is 0 Å². The van der Waals surface area contributed by atoms with Crippen molar-refractivity contribution in [3.05, 3.63) is 106 Å². The minimum absolute atomic E-state index is 0.0533. The van der Waals surface area contributed by atoms with Gasteiger partial charge in [0.1, 0.15) is 5.76 Å². The number of aliphatic hydroxyl groups excluding tert-OH is 1. The van der Waals surface area contributed by atoms with Crippen LogP contribution in [0.15, 0.2) is 84.7 Å². The van der Waals surface area contributed by atoms with E-state index in [0.717, 1.165) is 11.1 Å². The maximum Gasteiger partial charge on any atom is 0.295 e. The summed E-state index contributed by atoms with van der Waals surface area (Å²) in [4.78, 5) is 31.3. The van der Waals surface area contributed by atoms with E-state index in [1.807, 2.05) is 30.3 Å². The van der Waals surface area contributed by atoms with Gasteiger partial charge in [-0.3, -0.25) is 14.6 Å². The number of aliphatic hydroxyl groups is 1. The van der Waals surface area contributed by atoms with Crippen molar-refractivity contribution < 1.29 is 14.7 Å². The topological polar surface area (TPSA) is 70.5 Å². The smallest absolute Gasteiger partial charge is 0.295 e. The summed E-state index contributed by atoms with van der Waals surface area (Å²) in [6.45, 7) is 0.221. The van der Waals surface area contributed by atoms with Crippen LogP contribution in [-0.2, 0) is 16.1 Å². The summed E-state index contributed by atoms with van der Waals surface area (Å²) in [6, 6.07) is 18.6. The number of carbonyl (C=O) groups excluding carboxylic acids is 2. The van der Waals surface area contributed by atoms with Crippen LogP contribution in [0.2, 0.25) is 5.02 Å². The summed E-state index contributed by atoms with van der Waals surface area (Å²) < 4.78 is 0. The predicted molar refractivity (Wildman–Crippen MR) is 110 cm³/mol. The normalized spacial score (nSPS) is 18.2. The molecule has 1 aliphatic rings. The van der Waals surface area contributed by atoms with Crippen molar-refractivity contribution in [3.8, 4) is 0 Å². The molecule has 0 spiro atoms. The number of carbonyl (C=O) groups is 2. The van der Waals surface area contributed by atoms with Gasteiger partial charge in [0.05, 0.1) is 11.6 Å². The maximum absolute atomic E-state index is 12.9. The Balaban J connectivity index is 1.86. The summed E-state index contributed by atoms with van der Waals surface area (Å²) in [5.41, 5.74) is 2.02. The van der Waals surface area contributed by atoms with Crippen LogP contribution in [0.25, 0.3) is 5.76 Å². The van der Waals surface area contributed by atoms with Gasteiger partial charge in [-0.2, -0.15) is 0 Å². The van der Waals surface area contributed by atoms with Crippen LogP contribution in [0.4, 0.5) is 0 Å². The van der Waals surface area contributed by atoms with Gasteiger partial charge in [0.15, 0.2) is 0 Å². The molecule has 0 radical (unpaired) electrons. The molecule has 6 heteroatoms. The molecule has 0 aliphatic carbocycles. The molecule has 2 aromatic carbocycles. The Kier molecular flexibility index (Phi) is 5.14. The number of hydrogen-bond donors (Lipinski definition) is 1. The van der Waals surface area contributed by atoms with Gasteiger partial charge in [0, 0.05) is 29.5 Å². The van der Waals surface area contributed by atoms with Gasteiger partial charge in [-0.05, 0) is 35.4 Å². The Bertz CT molecular complexity index is 1100. The van der Waals surface area contributed by atoms with E-state index in [1.165, 1.54) is 4.90 Å². The van der Waals surface area contributed by atoms with Crippen molar-refractivity contribution in [2.24, 2.45) is 0 Å². The molecule has 3 aromatic rings. The summed E-state index contributed by atoms with van der Waals surface area (Å²) in [5, 5.41) is 11.4. The van der Waals surface area contributed by atoms with Gasteiger partial charge >= 0.3 is 0 Å². The molecule has 29 heavy (non-hydrogen) atoms. The highest BCUT2D eigenvalue weighted by Crippen LogP contribution is 2.40. The second kappa shape index (κ2) is 7.89. The highest BCUT2D eigenvalue weighted by molar-refractivity contribution is 6.46. The number of Topliss-reactive ketones (excluding diaryl/α,β-unsaturated/α-hetero) is 1. The third-order valence-corrected chi connectivity index (χ3v) is 5.09. The Morgan fingerprint density at radius 1 is 1.00 bits per heavy atom. The number of likely N-dealkylation sites (tertiary alicyclic amines) is 1. The fourth-order valence-electron chi connectivity index (χ4n) is 3.50. The monoisotopic (exact) mass is 404 g/mol. The zero-order valence-corrected chi connectivity index (χ0v) is 16.1. The van der Waals surface area contributed by atoms with Crippen molar-refractivity contribution in [3.63, 3.8) is 0 Å². The molecule has 0 bridgehead atoms. The highest BCUT2D eigenvalue weighted by atomic mass is 35.5. The molecule has 4 rings (SSSR count). The molecule has 2 heterocycles. The molecule has 1 fully saturated rings. The molecule has 144 valence electrons. The number of amides is 1.